The molecule has 1 aromatic rings. The minimum atomic E-state index is -4.17. The minimum absolute atomic E-state index is 0.138. The van der Waals surface area contributed by atoms with Crippen molar-refractivity contribution in [3.63, 3.8) is 0 Å². The zero-order valence-corrected chi connectivity index (χ0v) is 16.0. The molecule has 25 heavy (non-hydrogen) atoms. The van der Waals surface area contributed by atoms with E-state index in [1.54, 1.807) is 12.1 Å². The number of nitrogens with zero attached hydrogens (tertiary/aromatic N) is 1. The molecule has 6 heteroatoms. The van der Waals surface area contributed by atoms with Crippen LogP contribution in [0.1, 0.15) is 47.0 Å². The molecule has 1 aliphatic rings. The lowest BCUT2D eigenvalue weighted by Gasteiger charge is -2.32. The maximum absolute atomic E-state index is 11.0. The lowest BCUT2D eigenvalue weighted by atomic mass is 9.72. The fraction of sp³-hybridized carbons (Fsp3) is 0.421. The summed E-state index contributed by atoms with van der Waals surface area (Å²) in [7, 11) is -4.17. The van der Waals surface area contributed by atoms with Gasteiger partial charge in [0.15, 0.2) is 0 Å². The van der Waals surface area contributed by atoms with Gasteiger partial charge >= 0.3 is 0 Å². The molecule has 136 valence electrons. The summed E-state index contributed by atoms with van der Waals surface area (Å²) < 4.78 is 31.0. The molecule has 0 spiro atoms. The van der Waals surface area contributed by atoms with E-state index < -0.39 is 10.1 Å². The van der Waals surface area contributed by atoms with E-state index in [1.165, 1.54) is 36.1 Å². The molecule has 0 heterocycles. The van der Waals surface area contributed by atoms with Gasteiger partial charge in [-0.3, -0.25) is 9.98 Å². The van der Waals surface area contributed by atoms with Gasteiger partial charge in [-0.05, 0) is 74.4 Å². The summed E-state index contributed by atoms with van der Waals surface area (Å²) in [6, 6.07) is 5.77. The average Bonchev–Trinajstić information content (AvgIpc) is 2.51. The number of hydrazone groups is 1. The third-order valence-electron chi connectivity index (χ3n) is 4.55. The van der Waals surface area contributed by atoms with Crippen molar-refractivity contribution in [3.8, 4) is 0 Å². The van der Waals surface area contributed by atoms with E-state index in [0.29, 0.717) is 5.69 Å². The van der Waals surface area contributed by atoms with Crippen LogP contribution in [-0.4, -0.2) is 18.7 Å². The summed E-state index contributed by atoms with van der Waals surface area (Å²) in [5, 5.41) is 4.29. The number of hydrogen-bond donors (Lipinski definition) is 2. The first-order valence-electron chi connectivity index (χ1n) is 8.36. The van der Waals surface area contributed by atoms with Crippen molar-refractivity contribution < 1.29 is 13.0 Å². The number of nitrogens with one attached hydrogen (secondary N) is 1. The van der Waals surface area contributed by atoms with Crippen LogP contribution >= 0.6 is 0 Å². The first-order valence-corrected chi connectivity index (χ1v) is 9.80. The molecule has 0 saturated carbocycles. The smallest absolute Gasteiger partial charge is 0.282 e. The molecule has 0 amide bonds. The molecule has 0 aliphatic heterocycles. The van der Waals surface area contributed by atoms with Gasteiger partial charge in [-0.25, -0.2) is 0 Å². The topological polar surface area (TPSA) is 78.8 Å². The second-order valence-corrected chi connectivity index (χ2v) is 8.55. The van der Waals surface area contributed by atoms with E-state index in [-0.39, 0.29) is 10.3 Å². The predicted octanol–water partition coefficient (Wildman–Crippen LogP) is 4.80. The highest BCUT2D eigenvalue weighted by Gasteiger charge is 2.26. The Hall–Kier alpha value is -1.92. The number of rotatable bonds is 5. The molecule has 0 aromatic heterocycles. The van der Waals surface area contributed by atoms with Crippen molar-refractivity contribution in [1.82, 2.24) is 0 Å². The van der Waals surface area contributed by atoms with Gasteiger partial charge in [0.25, 0.3) is 10.1 Å². The monoisotopic (exact) mass is 362 g/mol. The number of hydrogen-bond acceptors (Lipinski definition) is 4. The highest BCUT2D eigenvalue weighted by Crippen LogP contribution is 2.40. The van der Waals surface area contributed by atoms with Gasteiger partial charge in [0, 0.05) is 0 Å². The molecule has 0 unspecified atom stereocenters. The summed E-state index contributed by atoms with van der Waals surface area (Å²) in [6.45, 7) is 8.65. The van der Waals surface area contributed by atoms with E-state index in [0.717, 1.165) is 12.1 Å². The van der Waals surface area contributed by atoms with Crippen LogP contribution in [0.15, 0.2) is 57.6 Å². The van der Waals surface area contributed by atoms with Crippen LogP contribution in [0.5, 0.6) is 0 Å². The van der Waals surface area contributed by atoms with E-state index in [4.69, 9.17) is 4.55 Å². The second kappa shape index (κ2) is 7.54. The Morgan fingerprint density at radius 1 is 1.28 bits per heavy atom. The molecule has 5 nitrogen and oxygen atoms in total. The van der Waals surface area contributed by atoms with Gasteiger partial charge in [-0.2, -0.15) is 13.5 Å². The summed E-state index contributed by atoms with van der Waals surface area (Å²) in [6.07, 6.45) is 7.72. The first-order chi connectivity index (χ1) is 11.6. The van der Waals surface area contributed by atoms with Crippen molar-refractivity contribution in [1.29, 1.82) is 0 Å². The molecule has 1 aromatic carbocycles. The van der Waals surface area contributed by atoms with Crippen LogP contribution in [0.4, 0.5) is 5.69 Å². The molecule has 0 bridgehead atoms. The van der Waals surface area contributed by atoms with Gasteiger partial charge in [-0.1, -0.05) is 25.5 Å². The van der Waals surface area contributed by atoms with Crippen LogP contribution in [0, 0.1) is 5.41 Å². The van der Waals surface area contributed by atoms with E-state index in [2.05, 4.69) is 37.4 Å². The Kier molecular flexibility index (Phi) is 5.85. The fourth-order valence-corrected chi connectivity index (χ4v) is 3.59. The molecule has 0 atom stereocenters. The zero-order valence-electron chi connectivity index (χ0n) is 15.2. The zero-order chi connectivity index (χ0) is 18.7. The Morgan fingerprint density at radius 3 is 2.48 bits per heavy atom. The summed E-state index contributed by atoms with van der Waals surface area (Å²) in [5.74, 6) is 0. The maximum Gasteiger partial charge on any atom is 0.294 e. The van der Waals surface area contributed by atoms with Crippen molar-refractivity contribution >= 4 is 21.5 Å². The lowest BCUT2D eigenvalue weighted by molar-refractivity contribution is 0.377. The lowest BCUT2D eigenvalue weighted by Crippen LogP contribution is -2.19. The van der Waals surface area contributed by atoms with E-state index in [1.807, 2.05) is 13.0 Å². The molecule has 0 fully saturated rings. The summed E-state index contributed by atoms with van der Waals surface area (Å²) in [5.41, 5.74) is 7.37. The quantitative estimate of drug-likeness (QED) is 0.448. The first kappa shape index (κ1) is 19.4. The second-order valence-electron chi connectivity index (χ2n) is 7.13. The molecule has 2 N–H and O–H groups in total. The SMILES string of the molecule is CC1=C(/C=C/C(C)=N/Nc2ccc(S(=O)(=O)O)cc2)C(C)(C)CCC1. The molecule has 1 aliphatic carbocycles. The largest absolute Gasteiger partial charge is 0.294 e. The van der Waals surface area contributed by atoms with Crippen LogP contribution in [-0.2, 0) is 10.1 Å². The van der Waals surface area contributed by atoms with Crippen molar-refractivity contribution in [2.45, 2.75) is 51.9 Å². The third-order valence-corrected chi connectivity index (χ3v) is 5.42. The molecular formula is C19H26N2O3S. The number of benzene rings is 1. The van der Waals surface area contributed by atoms with Gasteiger partial charge in [0.05, 0.1) is 16.3 Å². The summed E-state index contributed by atoms with van der Waals surface area (Å²) >= 11 is 0. The maximum atomic E-state index is 11.0. The Labute approximate surface area is 150 Å². The third kappa shape index (κ3) is 5.28. The standard InChI is InChI=1S/C19H26N2O3S/c1-14-6-5-13-19(3,4)18(14)12-7-15(2)20-21-16-8-10-17(11-9-16)25(22,23)24/h7-12,21H,5-6,13H2,1-4H3,(H,22,23,24)/b12-7+,20-15+. The van der Waals surface area contributed by atoms with Crippen molar-refractivity contribution in [2.75, 3.05) is 5.43 Å². The average molecular weight is 362 g/mol. The molecule has 0 radical (unpaired) electrons. The van der Waals surface area contributed by atoms with Crippen molar-refractivity contribution in [2.24, 2.45) is 10.5 Å². The number of anilines is 1. The van der Waals surface area contributed by atoms with Gasteiger partial charge in [-0.15, -0.1) is 0 Å². The highest BCUT2D eigenvalue weighted by atomic mass is 32.2. The van der Waals surface area contributed by atoms with Gasteiger partial charge in [0.2, 0.25) is 0 Å². The van der Waals surface area contributed by atoms with Gasteiger partial charge < -0.3 is 0 Å². The molecule has 0 saturated heterocycles. The van der Waals surface area contributed by atoms with Crippen LogP contribution in [0.2, 0.25) is 0 Å². The number of allylic oxidation sites excluding steroid dienone is 4. The predicted molar refractivity (Wildman–Crippen MR) is 102 cm³/mol. The van der Waals surface area contributed by atoms with Gasteiger partial charge in [0.1, 0.15) is 0 Å². The Morgan fingerprint density at radius 2 is 1.92 bits per heavy atom. The fourth-order valence-electron chi connectivity index (χ4n) is 3.11. The Bertz CT molecular complexity index is 817. The molecule has 2 rings (SSSR count). The van der Waals surface area contributed by atoms with E-state index >= 15 is 0 Å². The highest BCUT2D eigenvalue weighted by molar-refractivity contribution is 7.85. The van der Waals surface area contributed by atoms with E-state index in [9.17, 15) is 8.42 Å². The molecular weight excluding hydrogens is 336 g/mol. The Balaban J connectivity index is 2.07. The normalized spacial score (nSPS) is 18.7. The van der Waals surface area contributed by atoms with Crippen LogP contribution in [0.25, 0.3) is 0 Å². The summed E-state index contributed by atoms with van der Waals surface area (Å²) in [4.78, 5) is -0.138. The van der Waals surface area contributed by atoms with Crippen LogP contribution < -0.4 is 5.43 Å². The van der Waals surface area contributed by atoms with Crippen molar-refractivity contribution in [3.05, 3.63) is 47.6 Å². The van der Waals surface area contributed by atoms with Crippen LogP contribution in [0.3, 0.4) is 0 Å². The minimum Gasteiger partial charge on any atom is -0.282 e.